The van der Waals surface area contributed by atoms with Crippen molar-refractivity contribution in [3.8, 4) is 0 Å². The molecule has 0 saturated heterocycles. The van der Waals surface area contributed by atoms with Crippen LogP contribution in [0.2, 0.25) is 0 Å². The lowest BCUT2D eigenvalue weighted by molar-refractivity contribution is -0.117. The predicted molar refractivity (Wildman–Crippen MR) is 57.5 cm³/mol. The van der Waals surface area contributed by atoms with E-state index in [0.29, 0.717) is 17.4 Å². The smallest absolute Gasteiger partial charge is 0.247 e. The molecule has 0 radical (unpaired) electrons. The number of hydrogen-bond donors (Lipinski definition) is 2. The summed E-state index contributed by atoms with van der Waals surface area (Å²) >= 11 is 0. The molecule has 0 saturated carbocycles. The van der Waals surface area contributed by atoms with Gasteiger partial charge in [-0.1, -0.05) is 13.8 Å². The molecule has 5 nitrogen and oxygen atoms in total. The van der Waals surface area contributed by atoms with E-state index in [-0.39, 0.29) is 11.9 Å². The number of rotatable bonds is 2. The van der Waals surface area contributed by atoms with Crippen LogP contribution >= 0.6 is 0 Å². The quantitative estimate of drug-likeness (QED) is 0.764. The van der Waals surface area contributed by atoms with E-state index in [2.05, 4.69) is 34.4 Å². The van der Waals surface area contributed by atoms with Gasteiger partial charge in [0.2, 0.25) is 5.91 Å². The lowest BCUT2D eigenvalue weighted by Gasteiger charge is -2.26. The largest absolute Gasteiger partial charge is 0.357 e. The highest BCUT2D eigenvalue weighted by Crippen LogP contribution is 2.24. The number of anilines is 2. The standard InChI is InChI=1S/C10H14N4O/c1-6(2)3-7-10(15)14-8-4-11-5-12-9(8)13-7/h4-7H,3H2,1-2H3,(H,14,15)(H,11,12,13). The van der Waals surface area contributed by atoms with Crippen molar-refractivity contribution in [1.82, 2.24) is 9.97 Å². The summed E-state index contributed by atoms with van der Waals surface area (Å²) in [5.41, 5.74) is 0.655. The molecule has 0 bridgehead atoms. The van der Waals surface area contributed by atoms with Crippen LogP contribution in [0.1, 0.15) is 20.3 Å². The van der Waals surface area contributed by atoms with Gasteiger partial charge in [0, 0.05) is 0 Å². The zero-order chi connectivity index (χ0) is 10.8. The number of carbonyl (C=O) groups excluding carboxylic acids is 1. The van der Waals surface area contributed by atoms with Crippen LogP contribution in [0.5, 0.6) is 0 Å². The molecule has 2 heterocycles. The molecule has 15 heavy (non-hydrogen) atoms. The summed E-state index contributed by atoms with van der Waals surface area (Å²) in [6.07, 6.45) is 3.86. The second-order valence-corrected chi connectivity index (χ2v) is 4.10. The topological polar surface area (TPSA) is 66.9 Å². The number of fused-ring (bicyclic) bond motifs is 1. The van der Waals surface area contributed by atoms with Crippen LogP contribution in [0.15, 0.2) is 12.5 Å². The zero-order valence-corrected chi connectivity index (χ0v) is 8.82. The summed E-state index contributed by atoms with van der Waals surface area (Å²) in [6.45, 7) is 4.18. The van der Waals surface area contributed by atoms with E-state index in [1.165, 1.54) is 6.33 Å². The SMILES string of the molecule is CC(C)CC1Nc2ncncc2NC1=O. The Morgan fingerprint density at radius 3 is 3.07 bits per heavy atom. The lowest BCUT2D eigenvalue weighted by atomic mass is 10.0. The summed E-state index contributed by atoms with van der Waals surface area (Å²) in [5.74, 6) is 1.16. The van der Waals surface area contributed by atoms with E-state index in [1.54, 1.807) is 6.20 Å². The number of nitrogens with zero attached hydrogens (tertiary/aromatic N) is 2. The maximum absolute atomic E-state index is 11.7. The molecular weight excluding hydrogens is 192 g/mol. The van der Waals surface area contributed by atoms with E-state index < -0.39 is 0 Å². The number of hydrogen-bond acceptors (Lipinski definition) is 4. The van der Waals surface area contributed by atoms with Gasteiger partial charge in [0.25, 0.3) is 0 Å². The van der Waals surface area contributed by atoms with Crippen LogP contribution in [0.3, 0.4) is 0 Å². The third-order valence-electron chi connectivity index (χ3n) is 2.30. The van der Waals surface area contributed by atoms with Crippen LogP contribution in [-0.4, -0.2) is 21.9 Å². The van der Waals surface area contributed by atoms with Crippen molar-refractivity contribution in [3.63, 3.8) is 0 Å². The first kappa shape index (κ1) is 9.89. The minimum Gasteiger partial charge on any atom is -0.357 e. The molecule has 0 aliphatic carbocycles. The Balaban J connectivity index is 2.18. The summed E-state index contributed by atoms with van der Waals surface area (Å²) in [4.78, 5) is 19.6. The summed E-state index contributed by atoms with van der Waals surface area (Å²) in [6, 6.07) is -0.188. The fraction of sp³-hybridized carbons (Fsp3) is 0.500. The van der Waals surface area contributed by atoms with E-state index >= 15 is 0 Å². The average molecular weight is 206 g/mol. The summed E-state index contributed by atoms with van der Waals surface area (Å²) in [5, 5.41) is 5.90. The zero-order valence-electron chi connectivity index (χ0n) is 8.82. The van der Waals surface area contributed by atoms with Gasteiger partial charge in [0.05, 0.1) is 6.20 Å². The molecule has 0 spiro atoms. The van der Waals surface area contributed by atoms with Crippen LogP contribution in [0.4, 0.5) is 11.5 Å². The van der Waals surface area contributed by atoms with Crippen molar-refractivity contribution in [3.05, 3.63) is 12.5 Å². The minimum atomic E-state index is -0.188. The molecule has 80 valence electrons. The van der Waals surface area contributed by atoms with Crippen LogP contribution in [0.25, 0.3) is 0 Å². The van der Waals surface area contributed by atoms with Gasteiger partial charge in [0.1, 0.15) is 18.1 Å². The highest BCUT2D eigenvalue weighted by molar-refractivity contribution is 6.01. The van der Waals surface area contributed by atoms with Crippen molar-refractivity contribution in [2.45, 2.75) is 26.3 Å². The van der Waals surface area contributed by atoms with Gasteiger partial charge in [-0.25, -0.2) is 9.97 Å². The number of carbonyl (C=O) groups is 1. The normalized spacial score (nSPS) is 19.4. The van der Waals surface area contributed by atoms with Crippen molar-refractivity contribution >= 4 is 17.4 Å². The van der Waals surface area contributed by atoms with E-state index in [9.17, 15) is 4.79 Å². The molecule has 2 N–H and O–H groups in total. The first-order chi connectivity index (χ1) is 7.16. The number of amides is 1. The molecule has 1 aromatic heterocycles. The third kappa shape index (κ3) is 2.06. The van der Waals surface area contributed by atoms with Crippen molar-refractivity contribution in [2.75, 3.05) is 10.6 Å². The van der Waals surface area contributed by atoms with Gasteiger partial charge in [-0.05, 0) is 12.3 Å². The molecule has 1 aliphatic heterocycles. The second-order valence-electron chi connectivity index (χ2n) is 4.10. The molecule has 2 rings (SSSR count). The molecule has 1 atom stereocenters. The van der Waals surface area contributed by atoms with Crippen molar-refractivity contribution in [2.24, 2.45) is 5.92 Å². The molecular formula is C10H14N4O. The number of aromatic nitrogens is 2. The maximum Gasteiger partial charge on any atom is 0.247 e. The van der Waals surface area contributed by atoms with E-state index in [4.69, 9.17) is 0 Å². The van der Waals surface area contributed by atoms with Gasteiger partial charge in [0.15, 0.2) is 5.82 Å². The Bertz CT molecular complexity index is 377. The van der Waals surface area contributed by atoms with E-state index in [1.807, 2.05) is 0 Å². The first-order valence-corrected chi connectivity index (χ1v) is 5.04. The first-order valence-electron chi connectivity index (χ1n) is 5.04. The maximum atomic E-state index is 11.7. The summed E-state index contributed by atoms with van der Waals surface area (Å²) in [7, 11) is 0. The Kier molecular flexibility index (Phi) is 2.53. The second kappa shape index (κ2) is 3.84. The highest BCUT2D eigenvalue weighted by Gasteiger charge is 2.26. The Labute approximate surface area is 88.3 Å². The predicted octanol–water partition coefficient (Wildman–Crippen LogP) is 1.26. The molecule has 0 fully saturated rings. The summed E-state index contributed by atoms with van der Waals surface area (Å²) < 4.78 is 0. The lowest BCUT2D eigenvalue weighted by Crippen LogP contribution is -2.40. The highest BCUT2D eigenvalue weighted by atomic mass is 16.2. The fourth-order valence-corrected chi connectivity index (χ4v) is 1.62. The van der Waals surface area contributed by atoms with Gasteiger partial charge in [-0.15, -0.1) is 0 Å². The average Bonchev–Trinajstić information content (AvgIpc) is 2.18. The molecule has 1 unspecified atom stereocenters. The third-order valence-corrected chi connectivity index (χ3v) is 2.30. The minimum absolute atomic E-state index is 0.00833. The van der Waals surface area contributed by atoms with Gasteiger partial charge < -0.3 is 10.6 Å². The van der Waals surface area contributed by atoms with E-state index in [0.717, 1.165) is 6.42 Å². The molecule has 1 aromatic rings. The molecule has 0 aromatic carbocycles. The fourth-order valence-electron chi connectivity index (χ4n) is 1.62. The molecule has 1 aliphatic rings. The van der Waals surface area contributed by atoms with Crippen molar-refractivity contribution in [1.29, 1.82) is 0 Å². The van der Waals surface area contributed by atoms with Crippen LogP contribution in [0, 0.1) is 5.92 Å². The molecule has 5 heteroatoms. The van der Waals surface area contributed by atoms with Crippen molar-refractivity contribution < 1.29 is 4.79 Å². The van der Waals surface area contributed by atoms with Gasteiger partial charge in [-0.3, -0.25) is 4.79 Å². The van der Waals surface area contributed by atoms with Gasteiger partial charge in [-0.2, -0.15) is 0 Å². The van der Waals surface area contributed by atoms with Gasteiger partial charge >= 0.3 is 0 Å². The Morgan fingerprint density at radius 1 is 1.53 bits per heavy atom. The van der Waals surface area contributed by atoms with Crippen LogP contribution < -0.4 is 10.6 Å². The number of nitrogens with one attached hydrogen (secondary N) is 2. The molecule has 1 amide bonds. The van der Waals surface area contributed by atoms with Crippen LogP contribution in [-0.2, 0) is 4.79 Å². The monoisotopic (exact) mass is 206 g/mol. The Morgan fingerprint density at radius 2 is 2.33 bits per heavy atom. The Hall–Kier alpha value is -1.65.